The van der Waals surface area contributed by atoms with Crippen molar-refractivity contribution in [1.82, 2.24) is 0 Å². The molecule has 1 aliphatic carbocycles. The first-order chi connectivity index (χ1) is 28.1. The molecule has 6 rings (SSSR count). The lowest BCUT2D eigenvalue weighted by Gasteiger charge is -2.40. The molecule has 10 N–H and O–H groups in total. The zero-order valence-electron chi connectivity index (χ0n) is 30.8. The van der Waals surface area contributed by atoms with E-state index in [4.69, 9.17) is 28.4 Å². The molecule has 3 aromatic carbocycles. The van der Waals surface area contributed by atoms with Crippen LogP contribution in [0.25, 0.3) is 6.08 Å². The van der Waals surface area contributed by atoms with E-state index in [1.54, 1.807) is 18.2 Å². The fourth-order valence-corrected chi connectivity index (χ4v) is 6.43. The highest BCUT2D eigenvalue weighted by molar-refractivity contribution is 6.19. The highest BCUT2D eigenvalue weighted by Gasteiger charge is 2.48. The first kappa shape index (κ1) is 43.1. The molecule has 19 nitrogen and oxygen atoms in total. The summed E-state index contributed by atoms with van der Waals surface area (Å²) in [4.78, 5) is 39.5. The maximum absolute atomic E-state index is 13.7. The van der Waals surface area contributed by atoms with Crippen molar-refractivity contribution >= 4 is 23.8 Å². The Labute approximate surface area is 334 Å². The second-order valence-corrected chi connectivity index (χ2v) is 13.9. The molecule has 59 heavy (non-hydrogen) atoms. The van der Waals surface area contributed by atoms with Gasteiger partial charge in [-0.3, -0.25) is 4.79 Å². The normalized spacial score (nSPS) is 31.4. The van der Waals surface area contributed by atoms with Gasteiger partial charge in [-0.2, -0.15) is 0 Å². The van der Waals surface area contributed by atoms with Gasteiger partial charge in [-0.1, -0.05) is 24.3 Å². The van der Waals surface area contributed by atoms with Gasteiger partial charge in [-0.25, -0.2) is 9.59 Å². The first-order valence-corrected chi connectivity index (χ1v) is 18.1. The van der Waals surface area contributed by atoms with Gasteiger partial charge in [0.05, 0.1) is 12.2 Å². The molecule has 2 fully saturated rings. The number of ketones is 1. The number of Topliss-reactive ketones (excluding diaryl/α,β-unsaturated/α-hetero) is 1. The molecule has 2 saturated heterocycles. The number of aliphatic hydroxyl groups is 8. The van der Waals surface area contributed by atoms with Gasteiger partial charge in [0.1, 0.15) is 85.0 Å². The zero-order chi connectivity index (χ0) is 42.6. The SMILES string of the molecule is O=C(OC[C@H]1O[C@@H](Oc2ccc(O)cc2COC(=O)[C@]2(O)C=CCC(=Cc3cc(O)ccc3O[C@@H]3O[C@H](CO)[C@@H](O)[C@H](O)[C@H]3O)C2=O)[C@H](O)[C@@H](O)[C@@H]1O)c1ccccc1. The highest BCUT2D eigenvalue weighted by atomic mass is 16.7. The Kier molecular flexibility index (Phi) is 13.3. The van der Waals surface area contributed by atoms with Crippen LogP contribution in [-0.2, 0) is 35.1 Å². The van der Waals surface area contributed by atoms with Crippen LogP contribution in [0.4, 0.5) is 0 Å². The third-order valence-electron chi connectivity index (χ3n) is 9.76. The molecule has 316 valence electrons. The fraction of sp³-hybridized carbons (Fsp3) is 0.375. The summed E-state index contributed by atoms with van der Waals surface area (Å²) < 4.78 is 33.0. The molecular weight excluding hydrogens is 784 g/mol. The summed E-state index contributed by atoms with van der Waals surface area (Å²) >= 11 is 0. The number of benzene rings is 3. The first-order valence-electron chi connectivity index (χ1n) is 18.1. The Morgan fingerprint density at radius 1 is 0.746 bits per heavy atom. The molecule has 0 unspecified atom stereocenters. The smallest absolute Gasteiger partial charge is 0.350 e. The summed E-state index contributed by atoms with van der Waals surface area (Å²) in [6.45, 7) is -2.01. The number of rotatable bonds is 12. The molecule has 11 atom stereocenters. The Bertz CT molecular complexity index is 2050. The monoisotopic (exact) mass is 826 g/mol. The van der Waals surface area contributed by atoms with Crippen LogP contribution in [0.15, 0.2) is 84.5 Å². The van der Waals surface area contributed by atoms with Crippen molar-refractivity contribution in [3.8, 4) is 23.0 Å². The summed E-state index contributed by atoms with van der Waals surface area (Å²) in [5, 5.41) is 104. The van der Waals surface area contributed by atoms with Crippen LogP contribution in [-0.4, -0.2) is 149 Å². The summed E-state index contributed by atoms with van der Waals surface area (Å²) in [6.07, 6.45) is -13.3. The Hall–Kier alpha value is -5.45. The van der Waals surface area contributed by atoms with E-state index in [0.717, 1.165) is 18.2 Å². The second-order valence-electron chi connectivity index (χ2n) is 13.9. The number of carbonyl (C=O) groups excluding carboxylic acids is 3. The van der Waals surface area contributed by atoms with E-state index < -0.39 is 105 Å². The van der Waals surface area contributed by atoms with Gasteiger partial charge in [0.15, 0.2) is 0 Å². The number of hydrogen-bond donors (Lipinski definition) is 10. The number of hydrogen-bond acceptors (Lipinski definition) is 19. The number of aromatic hydroxyl groups is 2. The molecule has 0 radical (unpaired) electrons. The molecule has 0 spiro atoms. The zero-order valence-corrected chi connectivity index (χ0v) is 30.8. The lowest BCUT2D eigenvalue weighted by atomic mass is 9.85. The number of carbonyl (C=O) groups is 3. The van der Waals surface area contributed by atoms with Gasteiger partial charge in [0.2, 0.25) is 24.0 Å². The fourth-order valence-electron chi connectivity index (χ4n) is 6.43. The van der Waals surface area contributed by atoms with Gasteiger partial charge >= 0.3 is 11.9 Å². The predicted molar refractivity (Wildman–Crippen MR) is 196 cm³/mol. The van der Waals surface area contributed by atoms with Gasteiger partial charge in [0, 0.05) is 16.7 Å². The lowest BCUT2D eigenvalue weighted by molar-refractivity contribution is -0.277. The van der Waals surface area contributed by atoms with Crippen molar-refractivity contribution in [2.75, 3.05) is 13.2 Å². The average Bonchev–Trinajstić information content (AvgIpc) is 3.23. The number of ether oxygens (including phenoxy) is 6. The molecule has 0 bridgehead atoms. The topological polar surface area (TPSA) is 309 Å². The minimum Gasteiger partial charge on any atom is -0.508 e. The van der Waals surface area contributed by atoms with Crippen LogP contribution >= 0.6 is 0 Å². The van der Waals surface area contributed by atoms with E-state index in [9.17, 15) is 65.4 Å². The second kappa shape index (κ2) is 18.2. The average molecular weight is 827 g/mol. The number of aliphatic hydroxyl groups excluding tert-OH is 7. The van der Waals surface area contributed by atoms with Gasteiger partial charge in [-0.05, 0) is 67.1 Å². The molecule has 3 aromatic rings. The van der Waals surface area contributed by atoms with E-state index in [0.29, 0.717) is 0 Å². The molecule has 0 saturated carbocycles. The third kappa shape index (κ3) is 9.40. The number of allylic oxidation sites excluding steroid dienone is 1. The maximum atomic E-state index is 13.7. The summed E-state index contributed by atoms with van der Waals surface area (Å²) in [5.41, 5.74) is -2.92. The van der Waals surface area contributed by atoms with E-state index in [1.807, 2.05) is 0 Å². The minimum atomic E-state index is -2.88. The molecule has 3 aliphatic rings. The van der Waals surface area contributed by atoms with E-state index in [-0.39, 0.29) is 51.7 Å². The van der Waals surface area contributed by atoms with Crippen LogP contribution in [0.3, 0.4) is 0 Å². The van der Waals surface area contributed by atoms with Crippen molar-refractivity contribution in [2.45, 2.75) is 80.0 Å². The van der Waals surface area contributed by atoms with E-state index in [1.165, 1.54) is 48.6 Å². The van der Waals surface area contributed by atoms with Gasteiger partial charge < -0.3 is 79.5 Å². The van der Waals surface area contributed by atoms with Crippen LogP contribution < -0.4 is 9.47 Å². The number of esters is 2. The largest absolute Gasteiger partial charge is 0.508 e. The van der Waals surface area contributed by atoms with Gasteiger partial charge in [-0.15, -0.1) is 0 Å². The maximum Gasteiger partial charge on any atom is 0.350 e. The van der Waals surface area contributed by atoms with Crippen LogP contribution in [0, 0.1) is 0 Å². The van der Waals surface area contributed by atoms with E-state index in [2.05, 4.69) is 0 Å². The molecule has 0 amide bonds. The van der Waals surface area contributed by atoms with Crippen molar-refractivity contribution in [3.63, 3.8) is 0 Å². The molecule has 0 aromatic heterocycles. The summed E-state index contributed by atoms with van der Waals surface area (Å²) in [5.74, 6) is -4.25. The quantitative estimate of drug-likeness (QED) is 0.0439. The lowest BCUT2D eigenvalue weighted by Crippen LogP contribution is -2.60. The minimum absolute atomic E-state index is 0.000712. The molecular formula is C40H42O19. The predicted octanol–water partition coefficient (Wildman–Crippen LogP) is -1.29. The van der Waals surface area contributed by atoms with Crippen molar-refractivity contribution in [2.24, 2.45) is 0 Å². The highest BCUT2D eigenvalue weighted by Crippen LogP contribution is 2.34. The van der Waals surface area contributed by atoms with Crippen molar-refractivity contribution in [3.05, 3.63) is 101 Å². The third-order valence-corrected chi connectivity index (χ3v) is 9.76. The van der Waals surface area contributed by atoms with Crippen molar-refractivity contribution < 1.29 is 93.9 Å². The van der Waals surface area contributed by atoms with E-state index >= 15 is 0 Å². The summed E-state index contributed by atoms with van der Waals surface area (Å²) in [7, 11) is 0. The van der Waals surface area contributed by atoms with Crippen molar-refractivity contribution in [1.29, 1.82) is 0 Å². The number of phenols is 2. The van der Waals surface area contributed by atoms with Crippen LogP contribution in [0.5, 0.6) is 23.0 Å². The van der Waals surface area contributed by atoms with Crippen LogP contribution in [0.1, 0.15) is 27.9 Å². The summed E-state index contributed by atoms with van der Waals surface area (Å²) in [6, 6.07) is 15.0. The van der Waals surface area contributed by atoms with Gasteiger partial charge in [0.25, 0.3) is 0 Å². The Morgan fingerprint density at radius 2 is 1.34 bits per heavy atom. The molecule has 19 heteroatoms. The molecule has 2 heterocycles. The standard InChI is InChI=1S/C40H42O19/c41-16-27-29(44)31(46)33(48)37(58-27)56-25-10-8-23(42)14-21(25)13-20-7-4-12-40(53,35(20)50)39(52)55-17-22-15-24(43)9-11-26(22)57-38-34(49)32(47)30(45)28(59-38)18-54-36(51)19-5-2-1-3-6-19/h1-6,8-15,27-34,37-38,41-49,53H,7,16-18H2/t27-,28-,29-,30-,31+,32+,33-,34-,37-,38-,40+/m1/s1. The Balaban J connectivity index is 1.14. The number of phenolic OH excluding ortho intramolecular Hbond substituents is 2. The van der Waals surface area contributed by atoms with Crippen LogP contribution in [0.2, 0.25) is 0 Å². The Morgan fingerprint density at radius 3 is 2.00 bits per heavy atom. The molecule has 2 aliphatic heterocycles.